The minimum atomic E-state index is -1.12. The quantitative estimate of drug-likeness (QED) is 0.410. The number of aldehydes is 1. The van der Waals surface area contributed by atoms with Crippen LogP contribution in [0, 0.1) is 0 Å². The van der Waals surface area contributed by atoms with Gasteiger partial charge in [-0.1, -0.05) is 25.5 Å². The fourth-order valence-corrected chi connectivity index (χ4v) is 4.35. The Labute approximate surface area is 175 Å². The van der Waals surface area contributed by atoms with Crippen LogP contribution in [-0.4, -0.2) is 28.5 Å². The van der Waals surface area contributed by atoms with Crippen molar-refractivity contribution in [2.24, 2.45) is 0 Å². The first-order valence-corrected chi connectivity index (χ1v) is 11.3. The van der Waals surface area contributed by atoms with Gasteiger partial charge >= 0.3 is 6.09 Å². The van der Waals surface area contributed by atoms with Crippen LogP contribution in [0.1, 0.15) is 56.7 Å². The Morgan fingerprint density at radius 2 is 1.71 bits per heavy atom. The molecule has 0 saturated carbocycles. The molecule has 2 aromatic heterocycles. The van der Waals surface area contributed by atoms with E-state index in [-0.39, 0.29) is 0 Å². The third-order valence-electron chi connectivity index (χ3n) is 4.24. The van der Waals surface area contributed by atoms with Crippen molar-refractivity contribution < 1.29 is 14.3 Å². The third-order valence-corrected chi connectivity index (χ3v) is 5.96. The van der Waals surface area contributed by atoms with Gasteiger partial charge in [0.05, 0.1) is 0 Å². The summed E-state index contributed by atoms with van der Waals surface area (Å²) in [6.45, 7) is 8.68. The van der Waals surface area contributed by atoms with Crippen molar-refractivity contribution >= 4 is 35.1 Å². The Hall–Kier alpha value is -1.70. The summed E-state index contributed by atoms with van der Waals surface area (Å²) in [7, 11) is 0. The summed E-state index contributed by atoms with van der Waals surface area (Å²) in [5.74, 6) is 0. The van der Waals surface area contributed by atoms with Gasteiger partial charge in [-0.2, -0.15) is 0 Å². The molecule has 0 saturated heterocycles. The summed E-state index contributed by atoms with van der Waals surface area (Å²) in [6.07, 6.45) is 2.58. The molecule has 2 aromatic rings. The Bertz CT molecular complexity index is 687. The zero-order chi connectivity index (χ0) is 20.6. The predicted molar refractivity (Wildman–Crippen MR) is 116 cm³/mol. The van der Waals surface area contributed by atoms with Crippen molar-refractivity contribution in [3.8, 4) is 0 Å². The van der Waals surface area contributed by atoms with Gasteiger partial charge in [0.2, 0.25) is 0 Å². The van der Waals surface area contributed by atoms with Crippen LogP contribution in [0.3, 0.4) is 0 Å². The van der Waals surface area contributed by atoms with Gasteiger partial charge in [-0.25, -0.2) is 4.79 Å². The Morgan fingerprint density at radius 3 is 2.11 bits per heavy atom. The number of carbonyl (C=O) groups excluding carboxylic acids is 2. The topological polar surface area (TPSA) is 58.6 Å². The van der Waals surface area contributed by atoms with E-state index >= 15 is 0 Å². The third kappa shape index (κ3) is 6.72. The summed E-state index contributed by atoms with van der Waals surface area (Å²) in [4.78, 5) is 29.4. The molecule has 0 radical (unpaired) electrons. The van der Waals surface area contributed by atoms with Gasteiger partial charge in [0, 0.05) is 22.8 Å². The van der Waals surface area contributed by atoms with Gasteiger partial charge in [-0.05, 0) is 56.5 Å². The number of alkyl carbamates (subject to hydrolysis) is 1. The van der Waals surface area contributed by atoms with Gasteiger partial charge in [0.15, 0.2) is 11.9 Å². The summed E-state index contributed by atoms with van der Waals surface area (Å²) < 4.78 is 5.47. The molecule has 154 valence electrons. The van der Waals surface area contributed by atoms with Crippen molar-refractivity contribution in [2.75, 3.05) is 0 Å². The molecule has 2 heterocycles. The normalized spacial score (nSPS) is 13.9. The molecule has 0 bridgehead atoms. The average Bonchev–Trinajstić information content (AvgIpc) is 3.30. The van der Waals surface area contributed by atoms with E-state index in [4.69, 9.17) is 4.74 Å². The maximum Gasteiger partial charge on any atom is 0.409 e. The molecular weight excluding hydrogens is 392 g/mol. The molecule has 0 unspecified atom stereocenters. The van der Waals surface area contributed by atoms with Crippen LogP contribution in [0.5, 0.6) is 0 Å². The summed E-state index contributed by atoms with van der Waals surface area (Å²) in [6, 6.07) is 8.10. The van der Waals surface area contributed by atoms with Gasteiger partial charge in [-0.15, -0.1) is 22.7 Å². The number of hydrogen-bond acceptors (Lipinski definition) is 6. The highest BCUT2D eigenvalue weighted by Gasteiger charge is 2.39. The number of hydrogen-bond donors (Lipinski definition) is 1. The molecule has 0 fully saturated rings. The number of nitrogens with zero attached hydrogens (tertiary/aromatic N) is 1. The standard InChI is InChI=1S/C21H30N2O3S2/c1-5-6-11-21(16-24,22-19(25)26-20(2,3)4)23(14-17-9-7-12-27-17)15-18-10-8-13-28-18/h7-10,12-13,16H,5-6,11,14-15H2,1-4H3,(H,22,25)/t21-/m1/s1. The molecule has 1 amide bonds. The predicted octanol–water partition coefficient (Wildman–Crippen LogP) is 5.42. The second-order valence-electron chi connectivity index (χ2n) is 7.79. The smallest absolute Gasteiger partial charge is 0.409 e. The summed E-state index contributed by atoms with van der Waals surface area (Å²) in [5.41, 5.74) is -1.75. The van der Waals surface area contributed by atoms with Crippen LogP contribution >= 0.6 is 22.7 Å². The van der Waals surface area contributed by atoms with E-state index < -0.39 is 17.4 Å². The average molecular weight is 423 g/mol. The fraction of sp³-hybridized carbons (Fsp3) is 0.524. The number of nitrogens with one attached hydrogen (secondary N) is 1. The zero-order valence-electron chi connectivity index (χ0n) is 17.1. The lowest BCUT2D eigenvalue weighted by Crippen LogP contribution is -2.61. The molecule has 28 heavy (non-hydrogen) atoms. The molecular formula is C21H30N2O3S2. The molecule has 5 nitrogen and oxygen atoms in total. The van der Waals surface area contributed by atoms with E-state index in [2.05, 4.69) is 29.3 Å². The minimum absolute atomic E-state index is 0.531. The lowest BCUT2D eigenvalue weighted by Gasteiger charge is -2.40. The highest BCUT2D eigenvalue weighted by molar-refractivity contribution is 7.10. The number of rotatable bonds is 10. The largest absolute Gasteiger partial charge is 0.444 e. The van der Waals surface area contributed by atoms with Crippen LogP contribution < -0.4 is 5.32 Å². The first-order valence-electron chi connectivity index (χ1n) is 9.55. The molecule has 2 rings (SSSR count). The Morgan fingerprint density at radius 1 is 1.14 bits per heavy atom. The monoisotopic (exact) mass is 422 g/mol. The minimum Gasteiger partial charge on any atom is -0.444 e. The van der Waals surface area contributed by atoms with E-state index in [1.165, 1.54) is 0 Å². The lowest BCUT2D eigenvalue weighted by atomic mass is 10.0. The van der Waals surface area contributed by atoms with E-state index in [1.54, 1.807) is 22.7 Å². The first-order chi connectivity index (χ1) is 13.3. The number of thiophene rings is 2. The molecule has 0 aliphatic heterocycles. The first kappa shape index (κ1) is 22.6. The second-order valence-corrected chi connectivity index (χ2v) is 9.85. The molecule has 0 aromatic carbocycles. The molecule has 0 spiro atoms. The van der Waals surface area contributed by atoms with Gasteiger partial charge in [0.1, 0.15) is 5.60 Å². The molecule has 1 atom stereocenters. The van der Waals surface area contributed by atoms with Crippen molar-refractivity contribution in [3.05, 3.63) is 44.8 Å². The lowest BCUT2D eigenvalue weighted by molar-refractivity contribution is -0.123. The van der Waals surface area contributed by atoms with Crippen LogP contribution in [0.15, 0.2) is 35.0 Å². The highest BCUT2D eigenvalue weighted by atomic mass is 32.1. The molecule has 7 heteroatoms. The van der Waals surface area contributed by atoms with Gasteiger partial charge in [-0.3, -0.25) is 15.0 Å². The number of unbranched alkanes of at least 4 members (excludes halogenated alkanes) is 1. The summed E-state index contributed by atoms with van der Waals surface area (Å²) >= 11 is 3.29. The van der Waals surface area contributed by atoms with E-state index in [0.29, 0.717) is 19.5 Å². The van der Waals surface area contributed by atoms with Crippen LogP contribution in [0.25, 0.3) is 0 Å². The van der Waals surface area contributed by atoms with Gasteiger partial charge in [0.25, 0.3) is 0 Å². The maximum absolute atomic E-state index is 12.6. The number of ether oxygens (including phenoxy) is 1. The number of carbonyl (C=O) groups is 2. The fourth-order valence-electron chi connectivity index (χ4n) is 2.91. The second kappa shape index (κ2) is 10.2. The van der Waals surface area contributed by atoms with E-state index in [1.807, 2.05) is 43.7 Å². The van der Waals surface area contributed by atoms with Crippen LogP contribution in [-0.2, 0) is 22.6 Å². The van der Waals surface area contributed by atoms with E-state index in [9.17, 15) is 9.59 Å². The molecule has 0 aliphatic carbocycles. The highest BCUT2D eigenvalue weighted by Crippen LogP contribution is 2.27. The molecule has 1 N–H and O–H groups in total. The Balaban J connectivity index is 2.34. The van der Waals surface area contributed by atoms with Gasteiger partial charge < -0.3 is 4.74 Å². The Kier molecular flexibility index (Phi) is 8.22. The van der Waals surface area contributed by atoms with Crippen molar-refractivity contribution in [1.29, 1.82) is 0 Å². The van der Waals surface area contributed by atoms with Crippen LogP contribution in [0.4, 0.5) is 4.79 Å². The number of amides is 1. The molecule has 0 aliphatic rings. The summed E-state index contributed by atoms with van der Waals surface area (Å²) in [5, 5.41) is 6.95. The maximum atomic E-state index is 12.6. The zero-order valence-corrected chi connectivity index (χ0v) is 18.7. The SMILES string of the molecule is CCCC[C@@](C=O)(NC(=O)OC(C)(C)C)N(Cc1cccs1)Cc1cccs1. The van der Waals surface area contributed by atoms with Crippen molar-refractivity contribution in [2.45, 2.75) is 71.3 Å². The van der Waals surface area contributed by atoms with Crippen molar-refractivity contribution in [1.82, 2.24) is 10.2 Å². The van der Waals surface area contributed by atoms with E-state index in [0.717, 1.165) is 28.9 Å². The van der Waals surface area contributed by atoms with Crippen LogP contribution in [0.2, 0.25) is 0 Å². The van der Waals surface area contributed by atoms with Crippen molar-refractivity contribution in [3.63, 3.8) is 0 Å².